The minimum Gasteiger partial charge on any atom is -0.497 e. The van der Waals surface area contributed by atoms with Gasteiger partial charge in [0.15, 0.2) is 0 Å². The van der Waals surface area contributed by atoms with Crippen LogP contribution in [0, 0.1) is 36.5 Å². The van der Waals surface area contributed by atoms with E-state index in [1.54, 1.807) is 7.11 Å². The van der Waals surface area contributed by atoms with E-state index in [9.17, 15) is 4.79 Å². The molecular formula is C32H42N4O2. The second-order valence-corrected chi connectivity index (χ2v) is 13.6. The number of fused-ring (bicyclic) bond motifs is 1. The topological polar surface area (TPSA) is 58.6 Å². The number of carbonyl (C=O) groups is 1. The Balaban J connectivity index is 1.38. The van der Waals surface area contributed by atoms with Crippen LogP contribution in [0.5, 0.6) is 5.75 Å². The average molecular weight is 515 g/mol. The summed E-state index contributed by atoms with van der Waals surface area (Å²) in [6.45, 7) is 9.67. The number of hydrogen-bond donors (Lipinski definition) is 0. The van der Waals surface area contributed by atoms with E-state index in [2.05, 4.69) is 68.8 Å². The number of amides is 1. The van der Waals surface area contributed by atoms with Crippen molar-refractivity contribution >= 4 is 11.9 Å². The van der Waals surface area contributed by atoms with Gasteiger partial charge in [-0.05, 0) is 100.0 Å². The lowest BCUT2D eigenvalue weighted by atomic mass is 9.43. The van der Waals surface area contributed by atoms with Crippen molar-refractivity contribution in [2.75, 3.05) is 25.6 Å². The molecule has 6 nitrogen and oxygen atoms in total. The standard InChI is InChI=1S/C32H42N4O2/c1-19-18-31-10-9-25(35(5)29-33-20(2)15-21(3)34-29)27(19)32(31)13-14-36(28(37)30(4)11-12-30)26(31)16-22-7-8-23(38-6)17-24(22)32/h7-8,15,17,19,25-27H,9-14,16,18H2,1-6H3/t19-,25?,26?,27?,31?,32?/m0/s1. The molecule has 1 amide bonds. The molecule has 6 atom stereocenters. The third-order valence-electron chi connectivity index (χ3n) is 11.6. The Morgan fingerprint density at radius 2 is 1.84 bits per heavy atom. The second kappa shape index (κ2) is 7.95. The smallest absolute Gasteiger partial charge is 0.228 e. The third-order valence-corrected chi connectivity index (χ3v) is 11.6. The highest BCUT2D eigenvalue weighted by atomic mass is 16.5. The maximum Gasteiger partial charge on any atom is 0.228 e. The molecule has 2 heterocycles. The summed E-state index contributed by atoms with van der Waals surface area (Å²) in [5.74, 6) is 3.26. The van der Waals surface area contributed by atoms with E-state index in [1.807, 2.05) is 0 Å². The molecule has 0 spiro atoms. The van der Waals surface area contributed by atoms with Gasteiger partial charge >= 0.3 is 0 Å². The van der Waals surface area contributed by atoms with Gasteiger partial charge in [-0.1, -0.05) is 19.9 Å². The van der Waals surface area contributed by atoms with Gasteiger partial charge in [0, 0.05) is 53.3 Å². The Labute approximate surface area is 227 Å². The quantitative estimate of drug-likeness (QED) is 0.559. The number of carbonyl (C=O) groups excluding carboxylic acids is 1. The number of nitrogens with zero attached hydrogens (tertiary/aromatic N) is 4. The Kier molecular flexibility index (Phi) is 5.11. The maximum absolute atomic E-state index is 13.9. The molecule has 38 heavy (non-hydrogen) atoms. The van der Waals surface area contributed by atoms with E-state index in [4.69, 9.17) is 14.7 Å². The first-order chi connectivity index (χ1) is 18.1. The lowest BCUT2D eigenvalue weighted by Gasteiger charge is -2.67. The molecule has 4 bridgehead atoms. The highest BCUT2D eigenvalue weighted by molar-refractivity contribution is 5.85. The molecule has 4 aliphatic carbocycles. The van der Waals surface area contributed by atoms with Crippen molar-refractivity contribution in [2.24, 2.45) is 22.7 Å². The van der Waals surface area contributed by atoms with Crippen LogP contribution in [0.15, 0.2) is 24.3 Å². The van der Waals surface area contributed by atoms with Crippen molar-refractivity contribution in [3.8, 4) is 5.75 Å². The summed E-state index contributed by atoms with van der Waals surface area (Å²) in [6, 6.07) is 9.49. The molecule has 6 heteroatoms. The largest absolute Gasteiger partial charge is 0.497 e. The molecular weight excluding hydrogens is 472 g/mol. The summed E-state index contributed by atoms with van der Waals surface area (Å²) < 4.78 is 5.80. The van der Waals surface area contributed by atoms with Gasteiger partial charge in [0.25, 0.3) is 0 Å². The van der Waals surface area contributed by atoms with E-state index in [1.165, 1.54) is 17.5 Å². The molecule has 202 valence electrons. The number of aryl methyl sites for hydroxylation is 2. The van der Waals surface area contributed by atoms with Crippen LogP contribution in [-0.2, 0) is 16.6 Å². The maximum atomic E-state index is 13.9. The van der Waals surface area contributed by atoms with Gasteiger partial charge in [-0.25, -0.2) is 9.97 Å². The van der Waals surface area contributed by atoms with Crippen LogP contribution in [0.3, 0.4) is 0 Å². The Bertz CT molecular complexity index is 1300. The SMILES string of the molecule is COc1ccc2c(c1)C13CCN(C(=O)C4(C)CC4)C(C2)C12CCC(N(C)c1nc(C)cc(C)n1)C3[C@@H](C)C2. The number of likely N-dealkylation sites (tertiary alicyclic amines) is 1. The van der Waals surface area contributed by atoms with Crippen LogP contribution in [-0.4, -0.2) is 53.6 Å². The van der Waals surface area contributed by atoms with Crippen LogP contribution in [0.2, 0.25) is 0 Å². The number of benzene rings is 1. The zero-order valence-corrected chi connectivity index (χ0v) is 23.9. The highest BCUT2D eigenvalue weighted by Gasteiger charge is 2.74. The number of ether oxygens (including phenoxy) is 1. The van der Waals surface area contributed by atoms with Gasteiger partial charge < -0.3 is 14.5 Å². The summed E-state index contributed by atoms with van der Waals surface area (Å²) in [4.78, 5) is 28.4. The van der Waals surface area contributed by atoms with E-state index in [0.717, 1.165) is 68.2 Å². The first-order valence-electron chi connectivity index (χ1n) is 14.7. The second-order valence-electron chi connectivity index (χ2n) is 13.6. The Hall–Kier alpha value is -2.63. The summed E-state index contributed by atoms with van der Waals surface area (Å²) in [6.07, 6.45) is 7.57. The molecule has 5 aliphatic rings. The molecule has 1 saturated heterocycles. The normalized spacial score (nSPS) is 35.8. The number of methoxy groups -OCH3 is 1. The van der Waals surface area contributed by atoms with Gasteiger partial charge in [-0.2, -0.15) is 0 Å². The van der Waals surface area contributed by atoms with E-state index < -0.39 is 0 Å². The minimum atomic E-state index is -0.127. The molecule has 2 aromatic rings. The molecule has 7 rings (SSSR count). The summed E-state index contributed by atoms with van der Waals surface area (Å²) in [5, 5.41) is 0. The van der Waals surface area contributed by atoms with Crippen molar-refractivity contribution in [1.29, 1.82) is 0 Å². The first kappa shape index (κ1) is 24.4. The molecule has 1 aromatic heterocycles. The number of piperidine rings is 1. The number of rotatable bonds is 4. The first-order valence-corrected chi connectivity index (χ1v) is 14.7. The van der Waals surface area contributed by atoms with E-state index in [-0.39, 0.29) is 16.2 Å². The molecule has 1 aromatic carbocycles. The molecule has 3 saturated carbocycles. The average Bonchev–Trinajstić information content (AvgIpc) is 3.61. The van der Waals surface area contributed by atoms with Gasteiger partial charge in [0.05, 0.1) is 7.11 Å². The summed E-state index contributed by atoms with van der Waals surface area (Å²) >= 11 is 0. The minimum absolute atomic E-state index is 0.0382. The molecule has 1 aliphatic heterocycles. The molecule has 5 unspecified atom stereocenters. The lowest BCUT2D eigenvalue weighted by molar-refractivity contribution is -0.155. The lowest BCUT2D eigenvalue weighted by Crippen LogP contribution is -2.71. The fourth-order valence-electron chi connectivity index (χ4n) is 9.90. The predicted molar refractivity (Wildman–Crippen MR) is 148 cm³/mol. The van der Waals surface area contributed by atoms with Crippen molar-refractivity contribution in [1.82, 2.24) is 14.9 Å². The molecule has 0 radical (unpaired) electrons. The van der Waals surface area contributed by atoms with Crippen LogP contribution >= 0.6 is 0 Å². The molecule has 0 N–H and O–H groups in total. The van der Waals surface area contributed by atoms with Gasteiger partial charge in [0.2, 0.25) is 11.9 Å². The Morgan fingerprint density at radius 3 is 2.53 bits per heavy atom. The van der Waals surface area contributed by atoms with Crippen molar-refractivity contribution in [3.63, 3.8) is 0 Å². The van der Waals surface area contributed by atoms with Crippen molar-refractivity contribution in [2.45, 2.75) is 90.1 Å². The van der Waals surface area contributed by atoms with Gasteiger partial charge in [0.1, 0.15) is 5.75 Å². The summed E-state index contributed by atoms with van der Waals surface area (Å²) in [7, 11) is 4.00. The van der Waals surface area contributed by atoms with Crippen molar-refractivity contribution < 1.29 is 9.53 Å². The van der Waals surface area contributed by atoms with Crippen LogP contribution in [0.1, 0.15) is 74.9 Å². The van der Waals surface area contributed by atoms with E-state index >= 15 is 0 Å². The van der Waals surface area contributed by atoms with Crippen LogP contribution in [0.4, 0.5) is 5.95 Å². The number of hydrogen-bond acceptors (Lipinski definition) is 5. The monoisotopic (exact) mass is 514 g/mol. The highest BCUT2D eigenvalue weighted by Crippen LogP contribution is 2.74. The van der Waals surface area contributed by atoms with Crippen LogP contribution < -0.4 is 9.64 Å². The fourth-order valence-corrected chi connectivity index (χ4v) is 9.90. The predicted octanol–water partition coefficient (Wildman–Crippen LogP) is 5.24. The van der Waals surface area contributed by atoms with Gasteiger partial charge in [-0.15, -0.1) is 0 Å². The summed E-state index contributed by atoms with van der Waals surface area (Å²) in [5.41, 5.74) is 5.01. The van der Waals surface area contributed by atoms with Crippen LogP contribution in [0.25, 0.3) is 0 Å². The number of aromatic nitrogens is 2. The zero-order valence-electron chi connectivity index (χ0n) is 23.9. The van der Waals surface area contributed by atoms with Gasteiger partial charge in [-0.3, -0.25) is 4.79 Å². The number of anilines is 1. The van der Waals surface area contributed by atoms with E-state index in [0.29, 0.717) is 29.8 Å². The Morgan fingerprint density at radius 1 is 1.11 bits per heavy atom. The van der Waals surface area contributed by atoms with Crippen molar-refractivity contribution in [3.05, 3.63) is 46.8 Å². The molecule has 4 fully saturated rings. The zero-order chi connectivity index (χ0) is 26.6. The fraction of sp³-hybridized carbons (Fsp3) is 0.656. The third kappa shape index (κ3) is 3.03.